The highest BCUT2D eigenvalue weighted by Crippen LogP contribution is 2.35. The van der Waals surface area contributed by atoms with Crippen LogP contribution in [0.15, 0.2) is 65.9 Å². The lowest BCUT2D eigenvalue weighted by molar-refractivity contribution is -0.140. The molecule has 2 aromatic carbocycles. The number of nitrogens with one attached hydrogen (secondary N) is 1. The van der Waals surface area contributed by atoms with Crippen molar-refractivity contribution in [3.63, 3.8) is 0 Å². The molecule has 0 radical (unpaired) electrons. The number of benzene rings is 2. The van der Waals surface area contributed by atoms with E-state index < -0.39 is 12.0 Å². The van der Waals surface area contributed by atoms with Gasteiger partial charge in [0.2, 0.25) is 5.95 Å². The molecule has 8 nitrogen and oxygen atoms in total. The summed E-state index contributed by atoms with van der Waals surface area (Å²) in [6.07, 6.45) is 0.0755. The van der Waals surface area contributed by atoms with Crippen LogP contribution in [0.25, 0.3) is 0 Å². The lowest BCUT2D eigenvalue weighted by atomic mass is 9.95. The highest BCUT2D eigenvalue weighted by atomic mass is 16.5. The van der Waals surface area contributed by atoms with E-state index in [2.05, 4.69) is 20.8 Å². The van der Waals surface area contributed by atoms with Crippen LogP contribution in [0, 0.1) is 0 Å². The first-order valence-electron chi connectivity index (χ1n) is 9.76. The molecule has 0 fully saturated rings. The molecule has 0 bridgehead atoms. The second-order valence-electron chi connectivity index (χ2n) is 7.31. The molecule has 30 heavy (non-hydrogen) atoms. The lowest BCUT2D eigenvalue weighted by Crippen LogP contribution is -2.29. The normalized spacial score (nSPS) is 15.5. The van der Waals surface area contributed by atoms with Gasteiger partial charge in [-0.2, -0.15) is 4.68 Å². The van der Waals surface area contributed by atoms with Crippen molar-refractivity contribution in [3.8, 4) is 5.75 Å². The van der Waals surface area contributed by atoms with Crippen molar-refractivity contribution >= 4 is 11.9 Å². The molecule has 0 spiro atoms. The summed E-state index contributed by atoms with van der Waals surface area (Å²) in [5, 5.41) is 14.9. The van der Waals surface area contributed by atoms with Gasteiger partial charge in [0.05, 0.1) is 11.7 Å². The number of fused-ring (bicyclic) bond motifs is 1. The standard InChI is InChI=1S/C22H23N5O3/c1-14(2)30-18-11-9-17(10-12-18)20-19(15(3)23-22-24-25-26-27(20)22)21(28)29-13-16-7-5-4-6-8-16/h4-12,14,20H,13H2,1-3H3,(H,23,24,26). The zero-order valence-electron chi connectivity index (χ0n) is 17.1. The van der Waals surface area contributed by atoms with Gasteiger partial charge in [0, 0.05) is 5.70 Å². The maximum Gasteiger partial charge on any atom is 0.338 e. The van der Waals surface area contributed by atoms with Gasteiger partial charge < -0.3 is 14.8 Å². The number of carbonyl (C=O) groups excluding carboxylic acids is 1. The monoisotopic (exact) mass is 405 g/mol. The number of allylic oxidation sites excluding steroid dienone is 1. The molecule has 0 aliphatic carbocycles. The summed E-state index contributed by atoms with van der Waals surface area (Å²) in [5.41, 5.74) is 2.89. The van der Waals surface area contributed by atoms with Crippen LogP contribution < -0.4 is 10.1 Å². The van der Waals surface area contributed by atoms with Crippen molar-refractivity contribution in [2.75, 3.05) is 5.32 Å². The van der Waals surface area contributed by atoms with E-state index >= 15 is 0 Å². The van der Waals surface area contributed by atoms with Crippen LogP contribution in [0.4, 0.5) is 5.95 Å². The van der Waals surface area contributed by atoms with Gasteiger partial charge in [-0.3, -0.25) is 0 Å². The molecule has 2 heterocycles. The average Bonchev–Trinajstić information content (AvgIpc) is 3.20. The second-order valence-corrected chi connectivity index (χ2v) is 7.31. The third-order valence-corrected chi connectivity index (χ3v) is 4.71. The van der Waals surface area contributed by atoms with Crippen LogP contribution in [0.2, 0.25) is 0 Å². The summed E-state index contributed by atoms with van der Waals surface area (Å²) in [4.78, 5) is 13.1. The minimum Gasteiger partial charge on any atom is -0.491 e. The van der Waals surface area contributed by atoms with Crippen molar-refractivity contribution in [1.29, 1.82) is 0 Å². The van der Waals surface area contributed by atoms with Gasteiger partial charge in [0.25, 0.3) is 0 Å². The third kappa shape index (κ3) is 4.03. The minimum absolute atomic E-state index is 0.0755. The molecule has 3 aromatic rings. The zero-order chi connectivity index (χ0) is 21.1. The van der Waals surface area contributed by atoms with E-state index in [1.54, 1.807) is 4.68 Å². The largest absolute Gasteiger partial charge is 0.491 e. The molecule has 1 unspecified atom stereocenters. The van der Waals surface area contributed by atoms with Crippen molar-refractivity contribution < 1.29 is 14.3 Å². The van der Waals surface area contributed by atoms with E-state index in [1.807, 2.05) is 75.4 Å². The molecule has 154 valence electrons. The number of aromatic nitrogens is 4. The first kappa shape index (κ1) is 19.6. The van der Waals surface area contributed by atoms with Gasteiger partial charge in [-0.1, -0.05) is 47.6 Å². The molecule has 4 rings (SSSR count). The Hall–Kier alpha value is -3.68. The maximum absolute atomic E-state index is 13.1. The molecule has 1 aromatic heterocycles. The summed E-state index contributed by atoms with van der Waals surface area (Å²) >= 11 is 0. The number of esters is 1. The molecular formula is C22H23N5O3. The van der Waals surface area contributed by atoms with E-state index in [1.165, 1.54) is 0 Å². The van der Waals surface area contributed by atoms with Gasteiger partial charge in [0.15, 0.2) is 0 Å². The number of carbonyl (C=O) groups is 1. The van der Waals surface area contributed by atoms with Crippen LogP contribution in [-0.2, 0) is 16.1 Å². The van der Waals surface area contributed by atoms with Gasteiger partial charge in [-0.15, -0.1) is 0 Å². The van der Waals surface area contributed by atoms with Gasteiger partial charge in [-0.25, -0.2) is 4.79 Å². The average molecular weight is 405 g/mol. The summed E-state index contributed by atoms with van der Waals surface area (Å²) < 4.78 is 12.9. The highest BCUT2D eigenvalue weighted by molar-refractivity contribution is 5.92. The molecule has 1 atom stereocenters. The van der Waals surface area contributed by atoms with Crippen LogP contribution in [0.3, 0.4) is 0 Å². The number of tetrazole rings is 1. The molecule has 8 heteroatoms. The Kier molecular flexibility index (Phi) is 5.47. The topological polar surface area (TPSA) is 91.2 Å². The Morgan fingerprint density at radius 1 is 1.13 bits per heavy atom. The fourth-order valence-corrected chi connectivity index (χ4v) is 3.39. The number of anilines is 1. The Morgan fingerprint density at radius 2 is 1.87 bits per heavy atom. The smallest absolute Gasteiger partial charge is 0.338 e. The molecule has 1 N–H and O–H groups in total. The lowest BCUT2D eigenvalue weighted by Gasteiger charge is -2.27. The number of hydrogen-bond acceptors (Lipinski definition) is 7. The van der Waals surface area contributed by atoms with Crippen LogP contribution in [0.5, 0.6) is 5.75 Å². The first-order chi connectivity index (χ1) is 14.5. The molecule has 0 saturated heterocycles. The molecule has 1 aliphatic heterocycles. The summed E-state index contributed by atoms with van der Waals surface area (Å²) in [5.74, 6) is 0.811. The number of hydrogen-bond donors (Lipinski definition) is 1. The van der Waals surface area contributed by atoms with Crippen LogP contribution >= 0.6 is 0 Å². The zero-order valence-corrected chi connectivity index (χ0v) is 17.1. The van der Waals surface area contributed by atoms with Crippen molar-refractivity contribution in [1.82, 2.24) is 20.2 Å². The highest BCUT2D eigenvalue weighted by Gasteiger charge is 2.35. The van der Waals surface area contributed by atoms with E-state index in [0.29, 0.717) is 17.2 Å². The quantitative estimate of drug-likeness (QED) is 0.628. The molecule has 0 amide bonds. The molecular weight excluding hydrogens is 382 g/mol. The van der Waals surface area contributed by atoms with Crippen molar-refractivity contribution in [2.24, 2.45) is 0 Å². The third-order valence-electron chi connectivity index (χ3n) is 4.71. The maximum atomic E-state index is 13.1. The minimum atomic E-state index is -0.507. The summed E-state index contributed by atoms with van der Waals surface area (Å²) in [7, 11) is 0. The second kappa shape index (κ2) is 8.36. The van der Waals surface area contributed by atoms with E-state index in [0.717, 1.165) is 16.9 Å². The van der Waals surface area contributed by atoms with Crippen molar-refractivity contribution in [2.45, 2.75) is 39.5 Å². The first-order valence-corrected chi connectivity index (χ1v) is 9.76. The van der Waals surface area contributed by atoms with Crippen LogP contribution in [-0.4, -0.2) is 32.3 Å². The Balaban J connectivity index is 1.64. The Bertz CT molecular complexity index is 1060. The predicted octanol–water partition coefficient (Wildman–Crippen LogP) is 3.49. The van der Waals surface area contributed by atoms with Crippen molar-refractivity contribution in [3.05, 3.63) is 77.0 Å². The number of rotatable bonds is 6. The Labute approximate surface area is 174 Å². The number of nitrogens with zero attached hydrogens (tertiary/aromatic N) is 4. The molecule has 1 aliphatic rings. The fourth-order valence-electron chi connectivity index (χ4n) is 3.39. The SMILES string of the molecule is CC1=C(C(=O)OCc2ccccc2)C(c2ccc(OC(C)C)cc2)n2nnnc2N1. The Morgan fingerprint density at radius 3 is 2.57 bits per heavy atom. The van der Waals surface area contributed by atoms with Gasteiger partial charge in [0.1, 0.15) is 18.4 Å². The van der Waals surface area contributed by atoms with E-state index in [-0.39, 0.29) is 12.7 Å². The van der Waals surface area contributed by atoms with E-state index in [4.69, 9.17) is 9.47 Å². The summed E-state index contributed by atoms with van der Waals surface area (Å²) in [6, 6.07) is 16.6. The fraction of sp³-hybridized carbons (Fsp3) is 0.273. The van der Waals surface area contributed by atoms with Gasteiger partial charge in [-0.05, 0) is 54.5 Å². The van der Waals surface area contributed by atoms with Gasteiger partial charge >= 0.3 is 5.97 Å². The van der Waals surface area contributed by atoms with Crippen LogP contribution in [0.1, 0.15) is 37.9 Å². The summed E-state index contributed by atoms with van der Waals surface area (Å²) in [6.45, 7) is 5.95. The predicted molar refractivity (Wildman–Crippen MR) is 111 cm³/mol. The van der Waals surface area contributed by atoms with E-state index in [9.17, 15) is 4.79 Å². The molecule has 0 saturated carbocycles. The number of ether oxygens (including phenoxy) is 2.